The first-order valence-corrected chi connectivity index (χ1v) is 5.96. The van der Waals surface area contributed by atoms with Crippen LogP contribution in [0.15, 0.2) is 12.3 Å². The molecule has 0 aromatic carbocycles. The normalized spacial score (nSPS) is 19.9. The third-order valence-electron chi connectivity index (χ3n) is 2.87. The van der Waals surface area contributed by atoms with Crippen molar-refractivity contribution in [2.75, 3.05) is 13.2 Å². The first kappa shape index (κ1) is 12.0. The van der Waals surface area contributed by atoms with Crippen LogP contribution in [0.5, 0.6) is 5.88 Å². The van der Waals surface area contributed by atoms with E-state index in [2.05, 4.69) is 4.98 Å². The highest BCUT2D eigenvalue weighted by atomic mass is 16.5. The van der Waals surface area contributed by atoms with Crippen LogP contribution in [0.2, 0.25) is 0 Å². The molecule has 1 aliphatic rings. The van der Waals surface area contributed by atoms with Crippen molar-refractivity contribution in [1.29, 1.82) is 0 Å². The van der Waals surface area contributed by atoms with Gasteiger partial charge in [0.15, 0.2) is 6.29 Å². The Morgan fingerprint density at radius 3 is 3.12 bits per heavy atom. The third-order valence-corrected chi connectivity index (χ3v) is 2.87. The number of carbonyl (C=O) groups excluding carboxylic acids is 1. The smallest absolute Gasteiger partial charge is 0.216 e. The maximum atomic E-state index is 10.6. The third kappa shape index (κ3) is 3.27. The lowest BCUT2D eigenvalue weighted by Gasteiger charge is -2.22. The number of hydrogen-bond donors (Lipinski definition) is 0. The molecule has 0 radical (unpaired) electrons. The summed E-state index contributed by atoms with van der Waals surface area (Å²) < 4.78 is 11.2. The molecule has 1 aromatic rings. The summed E-state index contributed by atoms with van der Waals surface area (Å²) in [6, 6.07) is 1.77. The Bertz CT molecular complexity index is 386. The van der Waals surface area contributed by atoms with Gasteiger partial charge >= 0.3 is 0 Å². The second kappa shape index (κ2) is 5.77. The van der Waals surface area contributed by atoms with Gasteiger partial charge in [-0.1, -0.05) is 0 Å². The summed E-state index contributed by atoms with van der Waals surface area (Å²) in [5, 5.41) is 0. The molecule has 1 aliphatic heterocycles. The maximum absolute atomic E-state index is 10.6. The minimum absolute atomic E-state index is 0.177. The van der Waals surface area contributed by atoms with E-state index in [9.17, 15) is 4.79 Å². The molecule has 1 aromatic heterocycles. The van der Waals surface area contributed by atoms with Crippen molar-refractivity contribution in [2.45, 2.75) is 32.3 Å². The topological polar surface area (TPSA) is 48.4 Å². The standard InChI is InChI=1S/C13H17NO3/c1-10-6-11(8-15)7-14-13(10)17-9-12-4-2-3-5-16-12/h6-8,12H,2-5,9H2,1H3. The number of nitrogens with zero attached hydrogens (tertiary/aromatic N) is 1. The van der Waals surface area contributed by atoms with Gasteiger partial charge < -0.3 is 9.47 Å². The average molecular weight is 235 g/mol. The zero-order chi connectivity index (χ0) is 12.1. The number of rotatable bonds is 4. The highest BCUT2D eigenvalue weighted by molar-refractivity contribution is 5.74. The quantitative estimate of drug-likeness (QED) is 0.750. The summed E-state index contributed by atoms with van der Waals surface area (Å²) in [4.78, 5) is 14.7. The van der Waals surface area contributed by atoms with Crippen molar-refractivity contribution < 1.29 is 14.3 Å². The molecule has 4 heteroatoms. The second-order valence-corrected chi connectivity index (χ2v) is 4.31. The van der Waals surface area contributed by atoms with Crippen LogP contribution in [-0.4, -0.2) is 30.6 Å². The maximum Gasteiger partial charge on any atom is 0.216 e. The van der Waals surface area contributed by atoms with E-state index in [0.29, 0.717) is 18.1 Å². The van der Waals surface area contributed by atoms with Gasteiger partial charge in [-0.2, -0.15) is 0 Å². The number of pyridine rings is 1. The van der Waals surface area contributed by atoms with Gasteiger partial charge in [0, 0.05) is 23.9 Å². The van der Waals surface area contributed by atoms with E-state index in [1.165, 1.54) is 12.6 Å². The Hall–Kier alpha value is -1.42. The van der Waals surface area contributed by atoms with Crippen LogP contribution in [0, 0.1) is 6.92 Å². The van der Waals surface area contributed by atoms with E-state index in [4.69, 9.17) is 9.47 Å². The summed E-state index contributed by atoms with van der Waals surface area (Å²) >= 11 is 0. The fraction of sp³-hybridized carbons (Fsp3) is 0.538. The monoisotopic (exact) mass is 235 g/mol. The first-order valence-electron chi connectivity index (χ1n) is 5.96. The van der Waals surface area contributed by atoms with Crippen molar-refractivity contribution in [3.8, 4) is 5.88 Å². The predicted octanol–water partition coefficient (Wildman–Crippen LogP) is 2.15. The van der Waals surface area contributed by atoms with Crippen molar-refractivity contribution in [2.24, 2.45) is 0 Å². The van der Waals surface area contributed by atoms with E-state index >= 15 is 0 Å². The van der Waals surface area contributed by atoms with Crippen LogP contribution >= 0.6 is 0 Å². The fourth-order valence-corrected chi connectivity index (χ4v) is 1.91. The molecule has 1 atom stereocenters. The minimum atomic E-state index is 0.177. The van der Waals surface area contributed by atoms with Crippen LogP contribution in [0.3, 0.4) is 0 Å². The van der Waals surface area contributed by atoms with Crippen molar-refractivity contribution >= 4 is 6.29 Å². The van der Waals surface area contributed by atoms with Gasteiger partial charge in [-0.25, -0.2) is 4.98 Å². The molecule has 0 N–H and O–H groups in total. The Kier molecular flexibility index (Phi) is 4.09. The molecule has 17 heavy (non-hydrogen) atoms. The summed E-state index contributed by atoms with van der Waals surface area (Å²) in [6.07, 6.45) is 5.87. The van der Waals surface area contributed by atoms with Crippen molar-refractivity contribution in [3.05, 3.63) is 23.4 Å². The van der Waals surface area contributed by atoms with Crippen LogP contribution in [0.25, 0.3) is 0 Å². The number of aryl methyl sites for hydroxylation is 1. The van der Waals surface area contributed by atoms with Gasteiger partial charge in [-0.15, -0.1) is 0 Å². The van der Waals surface area contributed by atoms with Gasteiger partial charge in [-0.3, -0.25) is 4.79 Å². The molecule has 0 spiro atoms. The highest BCUT2D eigenvalue weighted by Crippen LogP contribution is 2.17. The summed E-state index contributed by atoms with van der Waals surface area (Å²) in [7, 11) is 0. The lowest BCUT2D eigenvalue weighted by molar-refractivity contribution is -0.0120. The highest BCUT2D eigenvalue weighted by Gasteiger charge is 2.15. The Balaban J connectivity index is 1.91. The molecule has 0 saturated carbocycles. The van der Waals surface area contributed by atoms with Gasteiger partial charge in [0.2, 0.25) is 5.88 Å². The average Bonchev–Trinajstić information content (AvgIpc) is 2.38. The van der Waals surface area contributed by atoms with Gasteiger partial charge in [-0.05, 0) is 32.3 Å². The van der Waals surface area contributed by atoms with E-state index in [1.54, 1.807) is 6.07 Å². The SMILES string of the molecule is Cc1cc(C=O)cnc1OCC1CCCCO1. The molecule has 2 heterocycles. The summed E-state index contributed by atoms with van der Waals surface area (Å²) in [6.45, 7) is 3.25. The lowest BCUT2D eigenvalue weighted by Crippen LogP contribution is -2.26. The van der Waals surface area contributed by atoms with E-state index in [0.717, 1.165) is 31.3 Å². The molecule has 0 amide bonds. The Labute approximate surface area is 101 Å². The van der Waals surface area contributed by atoms with Gasteiger partial charge in [0.25, 0.3) is 0 Å². The van der Waals surface area contributed by atoms with Crippen molar-refractivity contribution in [3.63, 3.8) is 0 Å². The fourth-order valence-electron chi connectivity index (χ4n) is 1.91. The zero-order valence-corrected chi connectivity index (χ0v) is 10.0. The van der Waals surface area contributed by atoms with Crippen LogP contribution in [-0.2, 0) is 4.74 Å². The summed E-state index contributed by atoms with van der Waals surface area (Å²) in [5.41, 5.74) is 1.45. The van der Waals surface area contributed by atoms with Gasteiger partial charge in [0.1, 0.15) is 6.61 Å². The number of aromatic nitrogens is 1. The number of carbonyl (C=O) groups is 1. The van der Waals surface area contributed by atoms with Gasteiger partial charge in [0.05, 0.1) is 6.10 Å². The molecule has 1 unspecified atom stereocenters. The molecular weight excluding hydrogens is 218 g/mol. The number of hydrogen-bond acceptors (Lipinski definition) is 4. The number of ether oxygens (including phenoxy) is 2. The van der Waals surface area contributed by atoms with E-state index < -0.39 is 0 Å². The molecule has 0 aliphatic carbocycles. The predicted molar refractivity (Wildman–Crippen MR) is 63.4 cm³/mol. The minimum Gasteiger partial charge on any atom is -0.475 e. The molecule has 4 nitrogen and oxygen atoms in total. The van der Waals surface area contributed by atoms with Crippen molar-refractivity contribution in [1.82, 2.24) is 4.98 Å². The Morgan fingerprint density at radius 1 is 1.59 bits per heavy atom. The van der Waals surface area contributed by atoms with Crippen LogP contribution in [0.1, 0.15) is 35.2 Å². The largest absolute Gasteiger partial charge is 0.475 e. The van der Waals surface area contributed by atoms with E-state index in [-0.39, 0.29) is 6.10 Å². The van der Waals surface area contributed by atoms with Crippen LogP contribution in [0.4, 0.5) is 0 Å². The first-order chi connectivity index (χ1) is 8.29. The molecule has 0 bridgehead atoms. The molecule has 2 rings (SSSR count). The molecular formula is C13H17NO3. The zero-order valence-electron chi connectivity index (χ0n) is 10.0. The molecule has 1 saturated heterocycles. The van der Waals surface area contributed by atoms with Crippen LogP contribution < -0.4 is 4.74 Å². The second-order valence-electron chi connectivity index (χ2n) is 4.31. The Morgan fingerprint density at radius 2 is 2.47 bits per heavy atom. The lowest BCUT2D eigenvalue weighted by atomic mass is 10.1. The molecule has 92 valence electrons. The summed E-state index contributed by atoms with van der Waals surface area (Å²) in [5.74, 6) is 0.588. The van der Waals surface area contributed by atoms with E-state index in [1.807, 2.05) is 6.92 Å². The number of aldehydes is 1. The molecule has 1 fully saturated rings.